The van der Waals surface area contributed by atoms with E-state index in [1.165, 1.54) is 28.7 Å². The Balaban J connectivity index is 1.61. The zero-order valence-corrected chi connectivity index (χ0v) is 23.1. The third-order valence-corrected chi connectivity index (χ3v) is 9.59. The smallest absolute Gasteiger partial charge is 0.283 e. The maximum Gasteiger partial charge on any atom is 0.283 e. The molecule has 0 bridgehead atoms. The topological polar surface area (TPSA) is 166 Å². The molecular formula is C24H27N7O6S2. The quantitative estimate of drug-likeness (QED) is 0.218. The zero-order chi connectivity index (χ0) is 28.3. The van der Waals surface area contributed by atoms with Crippen LogP contribution in [0, 0.1) is 26.1 Å². The van der Waals surface area contributed by atoms with Crippen molar-refractivity contribution < 1.29 is 18.3 Å². The Morgan fingerprint density at radius 1 is 1.15 bits per heavy atom. The SMILES string of the molecule is C[C@H]1CCN(S(=O)(=O)c2cc([N+](=O)[O-])ccc2N/N=C\c2ccc(Sc3nccn3C)c([N+](=O)[O-])c2)[C@H](C)C1. The minimum Gasteiger partial charge on any atom is -0.329 e. The predicted octanol–water partition coefficient (Wildman–Crippen LogP) is 4.64. The molecule has 2 atom stereocenters. The average Bonchev–Trinajstić information content (AvgIpc) is 3.28. The molecule has 1 fully saturated rings. The van der Waals surface area contributed by atoms with Crippen molar-refractivity contribution in [1.29, 1.82) is 0 Å². The second-order valence-electron chi connectivity index (χ2n) is 9.31. The first-order chi connectivity index (χ1) is 18.5. The number of anilines is 1. The third-order valence-electron chi connectivity index (χ3n) is 6.40. The van der Waals surface area contributed by atoms with Gasteiger partial charge in [0.2, 0.25) is 10.0 Å². The molecule has 1 aromatic heterocycles. The molecule has 1 aliphatic heterocycles. The summed E-state index contributed by atoms with van der Waals surface area (Å²) in [6.45, 7) is 4.19. The molecule has 2 aromatic carbocycles. The van der Waals surface area contributed by atoms with Crippen LogP contribution in [0.3, 0.4) is 0 Å². The zero-order valence-electron chi connectivity index (χ0n) is 21.4. The number of nitrogens with one attached hydrogen (secondary N) is 1. The van der Waals surface area contributed by atoms with Crippen LogP contribution in [0.5, 0.6) is 0 Å². The lowest BCUT2D eigenvalue weighted by Gasteiger charge is -2.35. The van der Waals surface area contributed by atoms with E-state index in [0.717, 1.165) is 17.8 Å². The van der Waals surface area contributed by atoms with Crippen LogP contribution in [0.4, 0.5) is 17.1 Å². The molecule has 0 saturated carbocycles. The van der Waals surface area contributed by atoms with E-state index in [-0.39, 0.29) is 28.0 Å². The predicted molar refractivity (Wildman–Crippen MR) is 146 cm³/mol. The monoisotopic (exact) mass is 573 g/mol. The van der Waals surface area contributed by atoms with Crippen molar-refractivity contribution in [3.8, 4) is 0 Å². The fraction of sp³-hybridized carbons (Fsp3) is 0.333. The summed E-state index contributed by atoms with van der Waals surface area (Å²) >= 11 is 1.15. The van der Waals surface area contributed by atoms with E-state index in [4.69, 9.17) is 0 Å². The first-order valence-corrected chi connectivity index (χ1v) is 14.3. The average molecular weight is 574 g/mol. The Morgan fingerprint density at radius 3 is 2.56 bits per heavy atom. The summed E-state index contributed by atoms with van der Waals surface area (Å²) in [5.74, 6) is 0.372. The van der Waals surface area contributed by atoms with Gasteiger partial charge in [0.25, 0.3) is 11.4 Å². The van der Waals surface area contributed by atoms with Gasteiger partial charge in [-0.3, -0.25) is 25.7 Å². The van der Waals surface area contributed by atoms with Gasteiger partial charge in [-0.05, 0) is 49.6 Å². The van der Waals surface area contributed by atoms with Crippen LogP contribution in [0.2, 0.25) is 0 Å². The first kappa shape index (κ1) is 28.2. The molecule has 4 rings (SSSR count). The number of nitrogens with zero attached hydrogens (tertiary/aromatic N) is 6. The van der Waals surface area contributed by atoms with E-state index in [2.05, 4.69) is 22.4 Å². The Labute approximate surface area is 229 Å². The van der Waals surface area contributed by atoms with Crippen molar-refractivity contribution in [1.82, 2.24) is 13.9 Å². The van der Waals surface area contributed by atoms with E-state index in [1.807, 2.05) is 6.92 Å². The number of aryl methyl sites for hydroxylation is 1. The summed E-state index contributed by atoms with van der Waals surface area (Å²) in [5.41, 5.74) is 2.60. The molecule has 0 radical (unpaired) electrons. The highest BCUT2D eigenvalue weighted by atomic mass is 32.2. The number of non-ortho nitro benzene ring substituents is 1. The second kappa shape index (κ2) is 11.5. The van der Waals surface area contributed by atoms with Crippen LogP contribution in [-0.2, 0) is 17.1 Å². The number of imidazole rings is 1. The van der Waals surface area contributed by atoms with E-state index in [9.17, 15) is 28.6 Å². The Kier molecular flexibility index (Phi) is 8.32. The van der Waals surface area contributed by atoms with Gasteiger partial charge >= 0.3 is 0 Å². The summed E-state index contributed by atoms with van der Waals surface area (Å²) in [6, 6.07) is 7.79. The third kappa shape index (κ3) is 6.26. The van der Waals surface area contributed by atoms with Crippen molar-refractivity contribution in [2.24, 2.45) is 18.1 Å². The normalized spacial score (nSPS) is 18.3. The van der Waals surface area contributed by atoms with E-state index in [1.54, 1.807) is 36.1 Å². The highest BCUT2D eigenvalue weighted by Gasteiger charge is 2.35. The van der Waals surface area contributed by atoms with Gasteiger partial charge in [0, 0.05) is 55.8 Å². The number of aromatic nitrogens is 2. The first-order valence-electron chi connectivity index (χ1n) is 12.0. The molecule has 0 unspecified atom stereocenters. The van der Waals surface area contributed by atoms with Gasteiger partial charge in [-0.15, -0.1) is 0 Å². The summed E-state index contributed by atoms with van der Waals surface area (Å²) < 4.78 is 30.3. The highest BCUT2D eigenvalue weighted by Crippen LogP contribution is 2.35. The van der Waals surface area contributed by atoms with Crippen molar-refractivity contribution in [3.63, 3.8) is 0 Å². The molecule has 39 heavy (non-hydrogen) atoms. The lowest BCUT2D eigenvalue weighted by molar-refractivity contribution is -0.387. The number of nitro groups is 2. The van der Waals surface area contributed by atoms with Gasteiger partial charge in [0.15, 0.2) is 5.16 Å². The number of hydrogen-bond donors (Lipinski definition) is 1. The van der Waals surface area contributed by atoms with Crippen molar-refractivity contribution in [2.45, 2.75) is 47.7 Å². The van der Waals surface area contributed by atoms with E-state index < -0.39 is 19.9 Å². The molecule has 13 nitrogen and oxygen atoms in total. The minimum absolute atomic E-state index is 0.0547. The van der Waals surface area contributed by atoms with E-state index >= 15 is 0 Å². The van der Waals surface area contributed by atoms with Crippen molar-refractivity contribution >= 4 is 45.1 Å². The standard InChI is InChI=1S/C24H27N7O6S2/c1-16-8-10-29(17(2)12-16)39(36,37)23-14-19(30(32)33)5-6-20(23)27-26-15-18-4-7-22(21(13-18)31(34)35)38-24-25-9-11-28(24)3/h4-7,9,11,13-17,27H,8,10,12H2,1-3H3/b26-15-/t16-,17+/m0/s1. The molecule has 1 aliphatic rings. The molecule has 3 aromatic rings. The molecular weight excluding hydrogens is 546 g/mol. The molecule has 1 saturated heterocycles. The largest absolute Gasteiger partial charge is 0.329 e. The van der Waals surface area contributed by atoms with Crippen LogP contribution < -0.4 is 5.43 Å². The summed E-state index contributed by atoms with van der Waals surface area (Å²) in [5, 5.41) is 27.8. The molecule has 0 spiro atoms. The van der Waals surface area contributed by atoms with E-state index in [0.29, 0.717) is 40.9 Å². The van der Waals surface area contributed by atoms with Gasteiger partial charge < -0.3 is 4.57 Å². The minimum atomic E-state index is -4.08. The highest BCUT2D eigenvalue weighted by molar-refractivity contribution is 7.99. The van der Waals surface area contributed by atoms with Crippen LogP contribution in [0.1, 0.15) is 32.3 Å². The number of nitro benzene ring substituents is 2. The summed E-state index contributed by atoms with van der Waals surface area (Å²) in [4.78, 5) is 26.2. The lowest BCUT2D eigenvalue weighted by Crippen LogP contribution is -2.44. The van der Waals surface area contributed by atoms with Crippen LogP contribution in [0.25, 0.3) is 0 Å². The van der Waals surface area contributed by atoms with Crippen molar-refractivity contribution in [2.75, 3.05) is 12.0 Å². The number of hydrazone groups is 1. The maximum atomic E-state index is 13.6. The Morgan fingerprint density at radius 2 is 1.92 bits per heavy atom. The number of sulfonamides is 1. The van der Waals surface area contributed by atoms with Crippen molar-refractivity contribution in [3.05, 3.63) is 74.6 Å². The summed E-state index contributed by atoms with van der Waals surface area (Å²) in [6.07, 6.45) is 6.01. The second-order valence-corrected chi connectivity index (χ2v) is 12.2. The number of benzene rings is 2. The number of hydrogen-bond acceptors (Lipinski definition) is 10. The van der Waals surface area contributed by atoms with Crippen LogP contribution >= 0.6 is 11.8 Å². The summed E-state index contributed by atoms with van der Waals surface area (Å²) in [7, 11) is -2.29. The number of piperidine rings is 1. The Bertz CT molecular complexity index is 1540. The molecule has 2 heterocycles. The fourth-order valence-corrected chi connectivity index (χ4v) is 7.08. The fourth-order valence-electron chi connectivity index (χ4n) is 4.37. The molecule has 1 N–H and O–H groups in total. The van der Waals surface area contributed by atoms with Gasteiger partial charge in [0.1, 0.15) is 4.90 Å². The maximum absolute atomic E-state index is 13.6. The van der Waals surface area contributed by atoms with Gasteiger partial charge in [0.05, 0.1) is 26.6 Å². The number of rotatable bonds is 9. The molecule has 15 heteroatoms. The lowest BCUT2D eigenvalue weighted by atomic mass is 9.95. The van der Waals surface area contributed by atoms with Crippen LogP contribution in [-0.4, -0.2) is 50.9 Å². The molecule has 0 aliphatic carbocycles. The van der Waals surface area contributed by atoms with Gasteiger partial charge in [-0.25, -0.2) is 13.4 Å². The van der Waals surface area contributed by atoms with Gasteiger partial charge in [-0.2, -0.15) is 9.41 Å². The molecule has 0 amide bonds. The van der Waals surface area contributed by atoms with Gasteiger partial charge in [-0.1, -0.05) is 13.0 Å². The molecule has 206 valence electrons. The van der Waals surface area contributed by atoms with Crippen LogP contribution in [0.15, 0.2) is 68.8 Å². The Hall–Kier alpha value is -3.82.